The largest absolute Gasteiger partial charge is 0.319 e. The number of amides is 1. The van der Waals surface area contributed by atoms with Crippen LogP contribution in [0.25, 0.3) is 0 Å². The van der Waals surface area contributed by atoms with Gasteiger partial charge in [-0.15, -0.1) is 12.6 Å². The van der Waals surface area contributed by atoms with Crippen molar-refractivity contribution in [1.29, 1.82) is 0 Å². The Morgan fingerprint density at radius 1 is 1.10 bits per heavy atom. The molecule has 20 heavy (non-hydrogen) atoms. The maximum Gasteiger partial charge on any atom is 0.256 e. The molecule has 1 N–H and O–H groups in total. The van der Waals surface area contributed by atoms with Gasteiger partial charge in [0.25, 0.3) is 5.91 Å². The molecule has 0 saturated heterocycles. The van der Waals surface area contributed by atoms with Gasteiger partial charge in [-0.05, 0) is 40.2 Å². The second-order valence-electron chi connectivity index (χ2n) is 3.86. The molecule has 0 aromatic heterocycles. The van der Waals surface area contributed by atoms with E-state index in [4.69, 9.17) is 0 Å². The minimum Gasteiger partial charge on any atom is -0.319 e. The lowest BCUT2D eigenvalue weighted by atomic mass is 10.2. The molecule has 0 aliphatic rings. The first kappa shape index (κ1) is 15.5. The number of halogens is 4. The summed E-state index contributed by atoms with van der Waals surface area (Å²) in [6, 6.07) is 6.70. The molecule has 7 heteroatoms. The third-order valence-electron chi connectivity index (χ3n) is 2.46. The first-order chi connectivity index (χ1) is 9.38. The second-order valence-corrected chi connectivity index (χ2v) is 6.11. The van der Waals surface area contributed by atoms with E-state index in [1.165, 1.54) is 6.07 Å². The van der Waals surface area contributed by atoms with Crippen molar-refractivity contribution in [3.63, 3.8) is 0 Å². The Morgan fingerprint density at radius 3 is 2.45 bits per heavy atom. The molecule has 0 spiro atoms. The second kappa shape index (κ2) is 6.24. The minimum absolute atomic E-state index is 0.00785. The normalized spacial score (nSPS) is 10.4. The topological polar surface area (TPSA) is 29.1 Å². The van der Waals surface area contributed by atoms with E-state index in [9.17, 15) is 13.6 Å². The molecule has 2 rings (SSSR count). The monoisotopic (exact) mass is 421 g/mol. The molecule has 0 radical (unpaired) electrons. The van der Waals surface area contributed by atoms with Crippen LogP contribution in [0.1, 0.15) is 10.4 Å². The molecule has 0 aliphatic carbocycles. The van der Waals surface area contributed by atoms with Crippen molar-refractivity contribution in [2.24, 2.45) is 0 Å². The van der Waals surface area contributed by atoms with Gasteiger partial charge in [0.1, 0.15) is 11.6 Å². The summed E-state index contributed by atoms with van der Waals surface area (Å²) >= 11 is 10.3. The molecule has 2 aromatic rings. The highest BCUT2D eigenvalue weighted by Crippen LogP contribution is 2.25. The number of anilines is 1. The van der Waals surface area contributed by atoms with Crippen LogP contribution in [0.4, 0.5) is 14.5 Å². The standard InChI is InChI=1S/C13H7Br2F2NOS/c14-6-1-2-7(12(20)3-6)13(19)18-11-5-9(16)8(15)4-10(11)17/h1-5,20H,(H,18,19). The average molecular weight is 423 g/mol. The van der Waals surface area contributed by atoms with Crippen LogP contribution in [0.5, 0.6) is 0 Å². The van der Waals surface area contributed by atoms with Gasteiger partial charge in [-0.1, -0.05) is 15.9 Å². The summed E-state index contributed by atoms with van der Waals surface area (Å²) in [5, 5.41) is 2.32. The Morgan fingerprint density at radius 2 is 1.80 bits per heavy atom. The SMILES string of the molecule is O=C(Nc1cc(F)c(Br)cc1F)c1ccc(Br)cc1S. The maximum atomic E-state index is 13.6. The molecule has 0 atom stereocenters. The zero-order chi connectivity index (χ0) is 14.9. The van der Waals surface area contributed by atoms with Gasteiger partial charge in [0.2, 0.25) is 0 Å². The van der Waals surface area contributed by atoms with Crippen molar-refractivity contribution in [3.8, 4) is 0 Å². The number of thiol groups is 1. The van der Waals surface area contributed by atoms with E-state index in [0.29, 0.717) is 4.90 Å². The van der Waals surface area contributed by atoms with Gasteiger partial charge >= 0.3 is 0 Å². The Kier molecular flexibility index (Phi) is 4.82. The van der Waals surface area contributed by atoms with Crippen LogP contribution in [-0.2, 0) is 0 Å². The zero-order valence-corrected chi connectivity index (χ0v) is 13.8. The highest BCUT2D eigenvalue weighted by Gasteiger charge is 2.14. The first-order valence-corrected chi connectivity index (χ1v) is 7.36. The summed E-state index contributed by atoms with van der Waals surface area (Å²) in [4.78, 5) is 12.4. The smallest absolute Gasteiger partial charge is 0.256 e. The van der Waals surface area contributed by atoms with E-state index in [1.807, 2.05) is 0 Å². The minimum atomic E-state index is -0.732. The predicted molar refractivity (Wildman–Crippen MR) is 83.4 cm³/mol. The lowest BCUT2D eigenvalue weighted by Crippen LogP contribution is -2.14. The Labute approximate surface area is 136 Å². The third-order valence-corrected chi connectivity index (χ3v) is 3.93. The summed E-state index contributed by atoms with van der Waals surface area (Å²) < 4.78 is 27.7. The van der Waals surface area contributed by atoms with Crippen LogP contribution in [-0.4, -0.2) is 5.91 Å². The van der Waals surface area contributed by atoms with E-state index in [-0.39, 0.29) is 15.7 Å². The number of hydrogen-bond acceptors (Lipinski definition) is 2. The molecular weight excluding hydrogens is 416 g/mol. The van der Waals surface area contributed by atoms with Crippen molar-refractivity contribution < 1.29 is 13.6 Å². The Bertz CT molecular complexity index is 694. The molecule has 104 valence electrons. The van der Waals surface area contributed by atoms with Gasteiger partial charge in [0, 0.05) is 15.4 Å². The summed E-state index contributed by atoms with van der Waals surface area (Å²) in [7, 11) is 0. The van der Waals surface area contributed by atoms with Crippen molar-refractivity contribution in [3.05, 3.63) is 56.5 Å². The molecule has 0 fully saturated rings. The fraction of sp³-hybridized carbons (Fsp3) is 0. The van der Waals surface area contributed by atoms with Crippen molar-refractivity contribution >= 4 is 56.1 Å². The number of rotatable bonds is 2. The molecule has 0 aliphatic heterocycles. The van der Waals surface area contributed by atoms with Crippen molar-refractivity contribution in [2.75, 3.05) is 5.32 Å². The van der Waals surface area contributed by atoms with Gasteiger partial charge < -0.3 is 5.32 Å². The maximum absolute atomic E-state index is 13.6. The number of benzene rings is 2. The highest BCUT2D eigenvalue weighted by atomic mass is 79.9. The third kappa shape index (κ3) is 3.39. The van der Waals surface area contributed by atoms with Crippen molar-refractivity contribution in [2.45, 2.75) is 4.90 Å². The quantitative estimate of drug-likeness (QED) is 0.515. The van der Waals surface area contributed by atoms with Crippen molar-refractivity contribution in [1.82, 2.24) is 0 Å². The van der Waals surface area contributed by atoms with E-state index >= 15 is 0 Å². The highest BCUT2D eigenvalue weighted by molar-refractivity contribution is 9.10. The lowest BCUT2D eigenvalue weighted by Gasteiger charge is -2.09. The fourth-order valence-electron chi connectivity index (χ4n) is 1.50. The molecule has 2 aromatic carbocycles. The van der Waals surface area contributed by atoms with E-state index < -0.39 is 17.5 Å². The molecule has 0 heterocycles. The van der Waals surface area contributed by atoms with Crippen LogP contribution in [0.15, 0.2) is 44.2 Å². The lowest BCUT2D eigenvalue weighted by molar-refractivity contribution is 0.102. The number of nitrogens with one attached hydrogen (secondary N) is 1. The fourth-order valence-corrected chi connectivity index (χ4v) is 2.67. The van der Waals surface area contributed by atoms with Crippen LogP contribution in [0.3, 0.4) is 0 Å². The Balaban J connectivity index is 2.30. The van der Waals surface area contributed by atoms with Crippen LogP contribution < -0.4 is 5.32 Å². The number of carbonyl (C=O) groups is 1. The van der Waals surface area contributed by atoms with Crippen LogP contribution in [0, 0.1) is 11.6 Å². The first-order valence-electron chi connectivity index (χ1n) is 5.33. The van der Waals surface area contributed by atoms with E-state index in [2.05, 4.69) is 49.8 Å². The molecule has 0 unspecified atom stereocenters. The molecule has 0 bridgehead atoms. The summed E-state index contributed by atoms with van der Waals surface area (Å²) in [6.07, 6.45) is 0. The summed E-state index contributed by atoms with van der Waals surface area (Å²) in [5.74, 6) is -1.96. The number of carbonyl (C=O) groups excluding carboxylic acids is 1. The van der Waals surface area contributed by atoms with Gasteiger partial charge in [-0.3, -0.25) is 4.79 Å². The van der Waals surface area contributed by atoms with Gasteiger partial charge in [0.15, 0.2) is 0 Å². The molecule has 1 amide bonds. The summed E-state index contributed by atoms with van der Waals surface area (Å²) in [6.45, 7) is 0. The van der Waals surface area contributed by atoms with Gasteiger partial charge in [0.05, 0.1) is 15.7 Å². The average Bonchev–Trinajstić information content (AvgIpc) is 2.35. The van der Waals surface area contributed by atoms with E-state index in [1.54, 1.807) is 12.1 Å². The predicted octanol–water partition coefficient (Wildman–Crippen LogP) is 5.03. The van der Waals surface area contributed by atoms with Gasteiger partial charge in [-0.2, -0.15) is 0 Å². The number of hydrogen-bond donors (Lipinski definition) is 2. The molecular formula is C13H7Br2F2NOS. The zero-order valence-electron chi connectivity index (χ0n) is 9.75. The van der Waals surface area contributed by atoms with E-state index in [0.717, 1.165) is 16.6 Å². The van der Waals surface area contributed by atoms with Gasteiger partial charge in [-0.25, -0.2) is 8.78 Å². The molecule has 0 saturated carbocycles. The summed E-state index contributed by atoms with van der Waals surface area (Å²) in [5.41, 5.74) is 0.0330. The van der Waals surface area contributed by atoms with Crippen LogP contribution in [0.2, 0.25) is 0 Å². The van der Waals surface area contributed by atoms with Crippen LogP contribution >= 0.6 is 44.5 Å². The Hall–Kier alpha value is -0.920. The molecule has 2 nitrogen and oxygen atoms in total.